The van der Waals surface area contributed by atoms with Gasteiger partial charge in [-0.15, -0.1) is 11.3 Å². The van der Waals surface area contributed by atoms with Crippen LogP contribution in [0.1, 0.15) is 57.0 Å². The third-order valence-electron chi connectivity index (χ3n) is 7.59. The molecule has 2 aromatic carbocycles. The van der Waals surface area contributed by atoms with Crippen LogP contribution < -0.4 is 35.6 Å². The summed E-state index contributed by atoms with van der Waals surface area (Å²) in [4.78, 5) is 55.6. The van der Waals surface area contributed by atoms with Crippen LogP contribution in [0, 0.1) is 5.92 Å². The van der Waals surface area contributed by atoms with Crippen LogP contribution in [-0.2, 0) is 32.0 Å². The first-order valence-electron chi connectivity index (χ1n) is 15.0. The Hall–Kier alpha value is -4.65. The molecular formula is C33H40N4O8S. The Balaban J connectivity index is 1.74. The van der Waals surface area contributed by atoms with Crippen LogP contribution in [0.4, 0.5) is 10.8 Å². The van der Waals surface area contributed by atoms with Gasteiger partial charge in [-0.05, 0) is 60.6 Å². The van der Waals surface area contributed by atoms with Crippen molar-refractivity contribution in [1.29, 1.82) is 0 Å². The number of benzene rings is 1. The lowest BCUT2D eigenvalue weighted by Crippen LogP contribution is -2.39. The second kappa shape index (κ2) is 15.1. The van der Waals surface area contributed by atoms with Crippen LogP contribution in [-0.4, -0.2) is 56.7 Å². The van der Waals surface area contributed by atoms with Gasteiger partial charge in [0.15, 0.2) is 16.6 Å². The van der Waals surface area contributed by atoms with Crippen molar-refractivity contribution >= 4 is 39.9 Å². The lowest BCUT2D eigenvalue weighted by molar-refractivity contribution is -0.142. The molecule has 3 aromatic rings. The number of aromatic nitrogens is 1. The van der Waals surface area contributed by atoms with Crippen molar-refractivity contribution in [3.05, 3.63) is 56.7 Å². The highest BCUT2D eigenvalue weighted by Crippen LogP contribution is 2.50. The standard InChI is InChI=1S/C33H40N4O8S/c1-8-45-27(40)14-20-16-46-33(35-20)37-32(41)29(17(2)3)36-24-12-10-21-22(15-25(24)39)23(34-18(4)38)11-9-19-13-26(42-5)30(43-6)31(44-7)28(19)21/h10,12-13,15-17,23,29H,8-9,11,14H2,1-7H3,(H,34,38)(H,36,39)(H,35,37,41)/t23-,29+/m1/s1. The van der Waals surface area contributed by atoms with E-state index in [1.165, 1.54) is 38.5 Å². The number of fused-ring (bicyclic) bond motifs is 3. The number of nitrogens with one attached hydrogen (secondary N) is 3. The van der Waals surface area contributed by atoms with Crippen molar-refractivity contribution in [1.82, 2.24) is 10.3 Å². The van der Waals surface area contributed by atoms with Gasteiger partial charge in [0.05, 0.1) is 51.8 Å². The van der Waals surface area contributed by atoms with Crippen LogP contribution in [0.15, 0.2) is 34.4 Å². The summed E-state index contributed by atoms with van der Waals surface area (Å²) in [6.45, 7) is 7.16. The van der Waals surface area contributed by atoms with Crippen LogP contribution in [0.2, 0.25) is 0 Å². The van der Waals surface area contributed by atoms with E-state index in [9.17, 15) is 19.2 Å². The number of hydrogen-bond acceptors (Lipinski definition) is 11. The zero-order valence-corrected chi connectivity index (χ0v) is 27.9. The summed E-state index contributed by atoms with van der Waals surface area (Å²) < 4.78 is 22.1. The first kappa shape index (κ1) is 34.2. The first-order chi connectivity index (χ1) is 22.0. The van der Waals surface area contributed by atoms with Crippen molar-refractivity contribution in [2.24, 2.45) is 5.92 Å². The molecule has 12 nitrogen and oxygen atoms in total. The molecule has 1 aliphatic carbocycles. The molecule has 0 spiro atoms. The number of aryl methyl sites for hydroxylation is 1. The molecule has 0 unspecified atom stereocenters. The molecule has 0 bridgehead atoms. The molecule has 2 amide bonds. The normalized spacial score (nSPS) is 14.2. The van der Waals surface area contributed by atoms with Gasteiger partial charge in [0.25, 0.3) is 0 Å². The van der Waals surface area contributed by atoms with Crippen molar-refractivity contribution in [3.63, 3.8) is 0 Å². The summed E-state index contributed by atoms with van der Waals surface area (Å²) in [5.74, 6) is 0.119. The molecule has 13 heteroatoms. The Morgan fingerprint density at radius 3 is 2.43 bits per heavy atom. The predicted octanol–water partition coefficient (Wildman–Crippen LogP) is 4.50. The zero-order chi connectivity index (χ0) is 33.5. The molecule has 0 saturated carbocycles. The highest BCUT2D eigenvalue weighted by atomic mass is 32.1. The maximum absolute atomic E-state index is 13.8. The minimum absolute atomic E-state index is 0.00282. The van der Waals surface area contributed by atoms with Crippen molar-refractivity contribution in [3.8, 4) is 28.4 Å². The number of esters is 1. The van der Waals surface area contributed by atoms with Crippen LogP contribution >= 0.6 is 11.3 Å². The van der Waals surface area contributed by atoms with Gasteiger partial charge >= 0.3 is 5.97 Å². The Bertz CT molecular complexity index is 1670. The van der Waals surface area contributed by atoms with Gasteiger partial charge in [-0.25, -0.2) is 4.98 Å². The fourth-order valence-corrected chi connectivity index (χ4v) is 6.23. The molecule has 4 rings (SSSR count). The van der Waals surface area contributed by atoms with Gasteiger partial charge in [0.1, 0.15) is 6.04 Å². The molecule has 0 radical (unpaired) electrons. The minimum atomic E-state index is -0.801. The highest BCUT2D eigenvalue weighted by molar-refractivity contribution is 7.14. The van der Waals surface area contributed by atoms with Crippen molar-refractivity contribution in [2.45, 2.75) is 59.0 Å². The van der Waals surface area contributed by atoms with Gasteiger partial charge < -0.3 is 34.9 Å². The van der Waals surface area contributed by atoms with E-state index < -0.39 is 18.1 Å². The molecule has 1 aliphatic rings. The fraction of sp³-hybridized carbons (Fsp3) is 0.424. The third-order valence-corrected chi connectivity index (χ3v) is 8.40. The maximum Gasteiger partial charge on any atom is 0.311 e. The van der Waals surface area contributed by atoms with E-state index in [1.807, 2.05) is 19.9 Å². The number of thiazole rings is 1. The van der Waals surface area contributed by atoms with Crippen molar-refractivity contribution < 1.29 is 33.3 Å². The molecule has 0 fully saturated rings. The van der Waals surface area contributed by atoms with Gasteiger partial charge in [-0.2, -0.15) is 0 Å². The lowest BCUT2D eigenvalue weighted by Gasteiger charge is -2.21. The summed E-state index contributed by atoms with van der Waals surface area (Å²) in [6.07, 6.45) is 1.10. The number of rotatable bonds is 12. The number of ether oxygens (including phenoxy) is 4. The molecule has 1 aromatic heterocycles. The highest BCUT2D eigenvalue weighted by Gasteiger charge is 2.30. The van der Waals surface area contributed by atoms with Crippen LogP contribution in [0.5, 0.6) is 17.2 Å². The van der Waals surface area contributed by atoms with Crippen LogP contribution in [0.25, 0.3) is 11.1 Å². The number of nitrogens with zero attached hydrogens (tertiary/aromatic N) is 1. The Morgan fingerprint density at radius 2 is 1.80 bits per heavy atom. The molecule has 246 valence electrons. The lowest BCUT2D eigenvalue weighted by atomic mass is 9.95. The number of methoxy groups -OCH3 is 3. The van der Waals surface area contributed by atoms with E-state index in [0.29, 0.717) is 52.0 Å². The Labute approximate surface area is 271 Å². The molecule has 3 N–H and O–H groups in total. The van der Waals surface area contributed by atoms with Crippen molar-refractivity contribution in [2.75, 3.05) is 38.6 Å². The summed E-state index contributed by atoms with van der Waals surface area (Å²) in [6, 6.07) is 5.56. The summed E-state index contributed by atoms with van der Waals surface area (Å²) in [7, 11) is 4.61. The summed E-state index contributed by atoms with van der Waals surface area (Å²) in [5, 5.41) is 11.0. The molecular weight excluding hydrogens is 612 g/mol. The Kier molecular flexibility index (Phi) is 11.2. The average Bonchev–Trinajstić information content (AvgIpc) is 3.30. The second-order valence-electron chi connectivity index (χ2n) is 11.1. The number of carbonyl (C=O) groups excluding carboxylic acids is 3. The van der Waals surface area contributed by atoms with E-state index >= 15 is 0 Å². The van der Waals surface area contributed by atoms with Gasteiger partial charge in [-0.3, -0.25) is 19.2 Å². The molecule has 1 heterocycles. The predicted molar refractivity (Wildman–Crippen MR) is 176 cm³/mol. The second-order valence-corrected chi connectivity index (χ2v) is 11.9. The van der Waals surface area contributed by atoms with Gasteiger partial charge in [0, 0.05) is 17.9 Å². The number of hydrogen-bond donors (Lipinski definition) is 3. The maximum atomic E-state index is 13.8. The molecule has 0 aliphatic heterocycles. The average molecular weight is 653 g/mol. The van der Waals surface area contributed by atoms with Gasteiger partial charge in [-0.1, -0.05) is 19.9 Å². The van der Waals surface area contributed by atoms with Crippen LogP contribution in [0.3, 0.4) is 0 Å². The number of anilines is 2. The van der Waals surface area contributed by atoms with E-state index in [2.05, 4.69) is 20.9 Å². The number of amides is 2. The van der Waals surface area contributed by atoms with E-state index in [-0.39, 0.29) is 41.9 Å². The van der Waals surface area contributed by atoms with E-state index in [4.69, 9.17) is 18.9 Å². The molecule has 2 atom stereocenters. The molecule has 0 saturated heterocycles. The third kappa shape index (κ3) is 7.58. The first-order valence-corrected chi connectivity index (χ1v) is 15.8. The molecule has 46 heavy (non-hydrogen) atoms. The van der Waals surface area contributed by atoms with E-state index in [1.54, 1.807) is 31.5 Å². The minimum Gasteiger partial charge on any atom is -0.493 e. The Morgan fingerprint density at radius 1 is 1.07 bits per heavy atom. The van der Waals surface area contributed by atoms with Gasteiger partial charge in [0.2, 0.25) is 23.0 Å². The number of carbonyl (C=O) groups is 3. The summed E-state index contributed by atoms with van der Waals surface area (Å²) in [5.41, 5.74) is 3.25. The fourth-order valence-electron chi connectivity index (χ4n) is 5.52. The van der Waals surface area contributed by atoms with E-state index in [0.717, 1.165) is 11.1 Å². The monoisotopic (exact) mass is 652 g/mol. The SMILES string of the molecule is CCOC(=O)Cc1csc(NC(=O)[C@@H](Nc2ccc3c(cc2=O)[C@H](NC(C)=O)CCc2cc(OC)c(OC)c(OC)c2-3)C(C)C)n1. The summed E-state index contributed by atoms with van der Waals surface area (Å²) >= 11 is 1.20. The largest absolute Gasteiger partial charge is 0.493 e. The zero-order valence-electron chi connectivity index (χ0n) is 27.1. The topological polar surface area (TPSA) is 154 Å². The smallest absolute Gasteiger partial charge is 0.311 e. The quantitative estimate of drug-likeness (QED) is 0.238.